The summed E-state index contributed by atoms with van der Waals surface area (Å²) in [7, 11) is 0. The van der Waals surface area contributed by atoms with Gasteiger partial charge in [-0.1, -0.05) is 6.92 Å². The second kappa shape index (κ2) is 7.15. The molecule has 1 aromatic heterocycles. The van der Waals surface area contributed by atoms with Gasteiger partial charge in [-0.15, -0.1) is 11.8 Å². The Morgan fingerprint density at radius 2 is 2.11 bits per heavy atom. The second-order valence-electron chi connectivity index (χ2n) is 4.05. The number of nitrogens with zero attached hydrogens (tertiary/aromatic N) is 1. The zero-order valence-corrected chi connectivity index (χ0v) is 11.0. The van der Waals surface area contributed by atoms with Crippen LogP contribution < -0.4 is 5.32 Å². The summed E-state index contributed by atoms with van der Waals surface area (Å²) in [6, 6.07) is 2.43. The monoisotopic (exact) mass is 270 g/mol. The Bertz CT molecular complexity index is 440. The molecule has 1 rings (SSSR count). The van der Waals surface area contributed by atoms with Crippen molar-refractivity contribution in [2.24, 2.45) is 0 Å². The average molecular weight is 270 g/mol. The maximum atomic E-state index is 12.4. The zero-order valence-electron chi connectivity index (χ0n) is 11.0. The summed E-state index contributed by atoms with van der Waals surface area (Å²) in [5, 5.41) is 3.20. The SMILES string of the molecule is CC#CCCC(NCC)c1ccc(C(F)(F)F)cn1. The molecule has 0 radical (unpaired) electrons. The van der Waals surface area contributed by atoms with Crippen LogP contribution in [0.2, 0.25) is 0 Å². The van der Waals surface area contributed by atoms with E-state index in [4.69, 9.17) is 0 Å². The van der Waals surface area contributed by atoms with Crippen LogP contribution in [0.3, 0.4) is 0 Å². The lowest BCUT2D eigenvalue weighted by molar-refractivity contribution is -0.137. The van der Waals surface area contributed by atoms with Gasteiger partial charge in [-0.2, -0.15) is 13.2 Å². The maximum Gasteiger partial charge on any atom is 0.417 e. The van der Waals surface area contributed by atoms with E-state index in [-0.39, 0.29) is 6.04 Å². The lowest BCUT2D eigenvalue weighted by atomic mass is 10.1. The van der Waals surface area contributed by atoms with Gasteiger partial charge in [-0.05, 0) is 32.0 Å². The van der Waals surface area contributed by atoms with Crippen molar-refractivity contribution in [1.82, 2.24) is 10.3 Å². The second-order valence-corrected chi connectivity index (χ2v) is 4.05. The van der Waals surface area contributed by atoms with Crippen molar-refractivity contribution in [1.29, 1.82) is 0 Å². The number of hydrogen-bond acceptors (Lipinski definition) is 2. The molecule has 1 unspecified atom stereocenters. The molecule has 0 aromatic carbocycles. The summed E-state index contributed by atoms with van der Waals surface area (Å²) in [5.41, 5.74) is -0.104. The van der Waals surface area contributed by atoms with Crippen LogP contribution in [-0.4, -0.2) is 11.5 Å². The van der Waals surface area contributed by atoms with Gasteiger partial charge in [0.1, 0.15) is 0 Å². The summed E-state index contributed by atoms with van der Waals surface area (Å²) in [5.74, 6) is 5.74. The van der Waals surface area contributed by atoms with Gasteiger partial charge in [-0.25, -0.2) is 0 Å². The predicted molar refractivity (Wildman–Crippen MR) is 68.3 cm³/mol. The average Bonchev–Trinajstić information content (AvgIpc) is 2.37. The summed E-state index contributed by atoms with van der Waals surface area (Å²) >= 11 is 0. The molecule has 0 aliphatic heterocycles. The summed E-state index contributed by atoms with van der Waals surface area (Å²) < 4.78 is 37.3. The third kappa shape index (κ3) is 4.92. The fourth-order valence-corrected chi connectivity index (χ4v) is 1.72. The molecule has 1 heterocycles. The fourth-order valence-electron chi connectivity index (χ4n) is 1.72. The number of nitrogens with one attached hydrogen (secondary N) is 1. The lowest BCUT2D eigenvalue weighted by Crippen LogP contribution is -2.22. The Balaban J connectivity index is 2.81. The number of hydrogen-bond donors (Lipinski definition) is 1. The first-order valence-electron chi connectivity index (χ1n) is 6.15. The lowest BCUT2D eigenvalue weighted by Gasteiger charge is -2.16. The molecule has 0 amide bonds. The molecule has 0 bridgehead atoms. The van der Waals surface area contributed by atoms with Gasteiger partial charge in [0.25, 0.3) is 0 Å². The van der Waals surface area contributed by atoms with Crippen LogP contribution in [0, 0.1) is 11.8 Å². The van der Waals surface area contributed by atoms with E-state index in [1.54, 1.807) is 6.92 Å². The Labute approximate surface area is 111 Å². The van der Waals surface area contributed by atoms with Crippen LogP contribution in [0.4, 0.5) is 13.2 Å². The van der Waals surface area contributed by atoms with Gasteiger partial charge >= 0.3 is 6.18 Å². The number of rotatable bonds is 5. The molecule has 0 saturated heterocycles. The van der Waals surface area contributed by atoms with E-state index < -0.39 is 11.7 Å². The van der Waals surface area contributed by atoms with E-state index in [1.165, 1.54) is 6.07 Å². The molecule has 0 fully saturated rings. The van der Waals surface area contributed by atoms with Gasteiger partial charge in [-0.3, -0.25) is 4.98 Å². The zero-order chi connectivity index (χ0) is 14.3. The van der Waals surface area contributed by atoms with Crippen molar-refractivity contribution >= 4 is 0 Å². The largest absolute Gasteiger partial charge is 0.417 e. The minimum atomic E-state index is -4.34. The van der Waals surface area contributed by atoms with Crippen LogP contribution in [0.1, 0.15) is 44.0 Å². The first kappa shape index (κ1) is 15.5. The topological polar surface area (TPSA) is 24.9 Å². The smallest absolute Gasteiger partial charge is 0.309 e. The molecule has 2 nitrogen and oxygen atoms in total. The highest BCUT2D eigenvalue weighted by molar-refractivity contribution is 5.19. The van der Waals surface area contributed by atoms with Crippen LogP contribution in [0.15, 0.2) is 18.3 Å². The van der Waals surface area contributed by atoms with Gasteiger partial charge < -0.3 is 5.32 Å². The van der Waals surface area contributed by atoms with Crippen LogP contribution in [-0.2, 0) is 6.18 Å². The van der Waals surface area contributed by atoms with E-state index in [9.17, 15) is 13.2 Å². The third-order valence-electron chi connectivity index (χ3n) is 2.66. The summed E-state index contributed by atoms with van der Waals surface area (Å²) in [6.07, 6.45) is -2.04. The van der Waals surface area contributed by atoms with E-state index in [0.717, 1.165) is 25.2 Å². The minimum absolute atomic E-state index is 0.0619. The van der Waals surface area contributed by atoms with Crippen molar-refractivity contribution in [3.05, 3.63) is 29.6 Å². The minimum Gasteiger partial charge on any atom is -0.309 e. The number of pyridine rings is 1. The molecule has 1 N–H and O–H groups in total. The molecule has 0 spiro atoms. The van der Waals surface area contributed by atoms with Crippen molar-refractivity contribution in [3.8, 4) is 11.8 Å². The summed E-state index contributed by atoms with van der Waals surface area (Å²) in [4.78, 5) is 3.91. The van der Waals surface area contributed by atoms with Gasteiger partial charge in [0.05, 0.1) is 17.3 Å². The maximum absolute atomic E-state index is 12.4. The van der Waals surface area contributed by atoms with E-state index in [1.807, 2.05) is 6.92 Å². The van der Waals surface area contributed by atoms with Crippen LogP contribution >= 0.6 is 0 Å². The molecule has 104 valence electrons. The standard InChI is InChI=1S/C14H17F3N2/c1-3-5-6-7-12(18-4-2)13-9-8-11(10-19-13)14(15,16)17/h8-10,12,18H,4,6-7H2,1-2H3. The molecule has 0 saturated carbocycles. The van der Waals surface area contributed by atoms with E-state index in [0.29, 0.717) is 12.1 Å². The van der Waals surface area contributed by atoms with Gasteiger partial charge in [0.2, 0.25) is 0 Å². The molecular weight excluding hydrogens is 253 g/mol. The Morgan fingerprint density at radius 3 is 2.58 bits per heavy atom. The molecule has 19 heavy (non-hydrogen) atoms. The Morgan fingerprint density at radius 1 is 1.37 bits per heavy atom. The summed E-state index contributed by atoms with van der Waals surface area (Å²) in [6.45, 7) is 4.44. The van der Waals surface area contributed by atoms with Gasteiger partial charge in [0.15, 0.2) is 0 Å². The van der Waals surface area contributed by atoms with Crippen molar-refractivity contribution < 1.29 is 13.2 Å². The molecule has 1 aromatic rings. The highest BCUT2D eigenvalue weighted by Crippen LogP contribution is 2.29. The quantitative estimate of drug-likeness (QED) is 0.828. The molecular formula is C14H17F3N2. The van der Waals surface area contributed by atoms with Crippen LogP contribution in [0.5, 0.6) is 0 Å². The first-order chi connectivity index (χ1) is 8.99. The Kier molecular flexibility index (Phi) is 5.84. The molecule has 0 aliphatic rings. The van der Waals surface area contributed by atoms with Crippen molar-refractivity contribution in [2.75, 3.05) is 6.54 Å². The number of halogens is 3. The first-order valence-corrected chi connectivity index (χ1v) is 6.15. The molecule has 5 heteroatoms. The van der Waals surface area contributed by atoms with Crippen LogP contribution in [0.25, 0.3) is 0 Å². The highest BCUT2D eigenvalue weighted by Gasteiger charge is 2.30. The molecule has 0 aliphatic carbocycles. The molecule has 1 atom stereocenters. The van der Waals surface area contributed by atoms with Crippen molar-refractivity contribution in [2.45, 2.75) is 38.9 Å². The van der Waals surface area contributed by atoms with E-state index >= 15 is 0 Å². The predicted octanol–water partition coefficient (Wildman–Crippen LogP) is 3.55. The normalized spacial score (nSPS) is 12.7. The van der Waals surface area contributed by atoms with Gasteiger partial charge in [0, 0.05) is 12.6 Å². The fraction of sp³-hybridized carbons (Fsp3) is 0.500. The number of alkyl halides is 3. The third-order valence-corrected chi connectivity index (χ3v) is 2.66. The van der Waals surface area contributed by atoms with E-state index in [2.05, 4.69) is 22.1 Å². The highest BCUT2D eigenvalue weighted by atomic mass is 19.4. The number of aromatic nitrogens is 1. The van der Waals surface area contributed by atoms with Crippen molar-refractivity contribution in [3.63, 3.8) is 0 Å². The Hall–Kier alpha value is -1.54.